The Morgan fingerprint density at radius 1 is 1.21 bits per heavy atom. The van der Waals surface area contributed by atoms with E-state index in [2.05, 4.69) is 59.2 Å². The molecular formula is C16H25IN2. The van der Waals surface area contributed by atoms with E-state index >= 15 is 0 Å². The lowest BCUT2D eigenvalue weighted by atomic mass is 9.76. The number of hydrogen-bond donors (Lipinski definition) is 2. The Morgan fingerprint density at radius 2 is 1.84 bits per heavy atom. The smallest absolute Gasteiger partial charge is 0.0279 e. The van der Waals surface area contributed by atoms with Crippen molar-refractivity contribution in [1.82, 2.24) is 5.43 Å². The molecule has 1 fully saturated rings. The number of nitrogens with one attached hydrogen (secondary N) is 1. The Kier molecular flexibility index (Phi) is 6.10. The van der Waals surface area contributed by atoms with E-state index in [-0.39, 0.29) is 0 Å². The van der Waals surface area contributed by atoms with Crippen LogP contribution in [0.25, 0.3) is 0 Å². The van der Waals surface area contributed by atoms with Gasteiger partial charge in [0.1, 0.15) is 0 Å². The first-order valence-electron chi connectivity index (χ1n) is 7.43. The van der Waals surface area contributed by atoms with E-state index in [1.165, 1.54) is 41.2 Å². The highest BCUT2D eigenvalue weighted by Gasteiger charge is 2.26. The molecule has 0 saturated heterocycles. The number of hydrazine groups is 1. The van der Waals surface area contributed by atoms with Crippen molar-refractivity contribution in [3.63, 3.8) is 0 Å². The largest absolute Gasteiger partial charge is 0.271 e. The summed E-state index contributed by atoms with van der Waals surface area (Å²) in [6.07, 6.45) is 7.81. The third-order valence-electron chi connectivity index (χ3n) is 4.62. The van der Waals surface area contributed by atoms with E-state index < -0.39 is 0 Å². The molecule has 0 heterocycles. The first kappa shape index (κ1) is 15.3. The standard InChI is InChI=1S/C16H25IN2/c1-2-12-3-7-14(8-4-12)16(19-18)11-13-5-9-15(17)10-6-13/h5-6,9-10,12,14,16,19H,2-4,7-8,11,18H2,1H3. The summed E-state index contributed by atoms with van der Waals surface area (Å²) in [5.74, 6) is 7.49. The van der Waals surface area contributed by atoms with Gasteiger partial charge in [-0.1, -0.05) is 38.3 Å². The van der Waals surface area contributed by atoms with Gasteiger partial charge in [-0.3, -0.25) is 11.3 Å². The van der Waals surface area contributed by atoms with Crippen LogP contribution in [0.2, 0.25) is 0 Å². The molecule has 1 saturated carbocycles. The highest BCUT2D eigenvalue weighted by atomic mass is 127. The fourth-order valence-corrected chi connectivity index (χ4v) is 3.59. The van der Waals surface area contributed by atoms with Gasteiger partial charge in [0.25, 0.3) is 0 Å². The molecule has 1 aliphatic rings. The minimum absolute atomic E-state index is 0.429. The van der Waals surface area contributed by atoms with Gasteiger partial charge in [0.05, 0.1) is 0 Å². The van der Waals surface area contributed by atoms with Crippen molar-refractivity contribution in [3.05, 3.63) is 33.4 Å². The second kappa shape index (κ2) is 7.60. The first-order chi connectivity index (χ1) is 9.22. The minimum atomic E-state index is 0.429. The molecule has 1 aliphatic carbocycles. The monoisotopic (exact) mass is 372 g/mol. The molecule has 1 unspecified atom stereocenters. The van der Waals surface area contributed by atoms with E-state index in [0.29, 0.717) is 6.04 Å². The molecule has 1 aromatic carbocycles. The summed E-state index contributed by atoms with van der Waals surface area (Å²) in [5, 5.41) is 0. The average molecular weight is 372 g/mol. The van der Waals surface area contributed by atoms with Crippen molar-refractivity contribution < 1.29 is 0 Å². The summed E-state index contributed by atoms with van der Waals surface area (Å²) in [6, 6.07) is 9.24. The zero-order valence-electron chi connectivity index (χ0n) is 11.7. The van der Waals surface area contributed by atoms with Crippen molar-refractivity contribution in [2.75, 3.05) is 0 Å². The molecule has 0 spiro atoms. The van der Waals surface area contributed by atoms with Crippen molar-refractivity contribution in [2.24, 2.45) is 17.7 Å². The zero-order valence-corrected chi connectivity index (χ0v) is 13.9. The molecule has 1 atom stereocenters. The summed E-state index contributed by atoms with van der Waals surface area (Å²) in [6.45, 7) is 2.31. The number of rotatable bonds is 5. The third kappa shape index (κ3) is 4.43. The van der Waals surface area contributed by atoms with E-state index in [0.717, 1.165) is 18.3 Å². The Labute approximate surface area is 130 Å². The van der Waals surface area contributed by atoms with E-state index in [1.807, 2.05) is 0 Å². The van der Waals surface area contributed by atoms with Gasteiger partial charge in [0, 0.05) is 9.61 Å². The van der Waals surface area contributed by atoms with Crippen LogP contribution in [0.15, 0.2) is 24.3 Å². The molecular weight excluding hydrogens is 347 g/mol. The molecule has 0 bridgehead atoms. The minimum Gasteiger partial charge on any atom is -0.271 e. The van der Waals surface area contributed by atoms with Gasteiger partial charge in [0.15, 0.2) is 0 Å². The molecule has 19 heavy (non-hydrogen) atoms. The molecule has 3 N–H and O–H groups in total. The van der Waals surface area contributed by atoms with E-state index in [9.17, 15) is 0 Å². The van der Waals surface area contributed by atoms with Gasteiger partial charge in [-0.2, -0.15) is 0 Å². The average Bonchev–Trinajstić information content (AvgIpc) is 2.47. The van der Waals surface area contributed by atoms with Crippen LogP contribution in [0, 0.1) is 15.4 Å². The molecule has 1 aromatic rings. The lowest BCUT2D eigenvalue weighted by Crippen LogP contribution is -2.43. The Bertz CT molecular complexity index is 369. The van der Waals surface area contributed by atoms with Gasteiger partial charge in [-0.25, -0.2) is 0 Å². The molecule has 3 heteroatoms. The fraction of sp³-hybridized carbons (Fsp3) is 0.625. The molecule has 106 valence electrons. The summed E-state index contributed by atoms with van der Waals surface area (Å²) in [5.41, 5.74) is 4.46. The van der Waals surface area contributed by atoms with Crippen LogP contribution in [0.3, 0.4) is 0 Å². The van der Waals surface area contributed by atoms with Crippen LogP contribution in [0.4, 0.5) is 0 Å². The first-order valence-corrected chi connectivity index (χ1v) is 8.51. The summed E-state index contributed by atoms with van der Waals surface area (Å²) >= 11 is 2.35. The maximum atomic E-state index is 5.80. The normalized spacial score (nSPS) is 25.2. The topological polar surface area (TPSA) is 38.0 Å². The van der Waals surface area contributed by atoms with Crippen molar-refractivity contribution in [2.45, 2.75) is 51.5 Å². The van der Waals surface area contributed by atoms with Crippen LogP contribution < -0.4 is 11.3 Å². The van der Waals surface area contributed by atoms with E-state index in [1.54, 1.807) is 0 Å². The molecule has 2 nitrogen and oxygen atoms in total. The van der Waals surface area contributed by atoms with Crippen LogP contribution in [-0.4, -0.2) is 6.04 Å². The molecule has 0 aromatic heterocycles. The Balaban J connectivity index is 1.91. The fourth-order valence-electron chi connectivity index (χ4n) is 3.23. The molecule has 0 radical (unpaired) electrons. The Hall–Kier alpha value is -0.130. The highest BCUT2D eigenvalue weighted by molar-refractivity contribution is 14.1. The number of hydrogen-bond acceptors (Lipinski definition) is 2. The van der Waals surface area contributed by atoms with Gasteiger partial charge in [-0.05, 0) is 71.4 Å². The third-order valence-corrected chi connectivity index (χ3v) is 5.34. The predicted octanol–water partition coefficient (Wildman–Crippen LogP) is 3.88. The lowest BCUT2D eigenvalue weighted by Gasteiger charge is -2.33. The summed E-state index contributed by atoms with van der Waals surface area (Å²) in [4.78, 5) is 0. The summed E-state index contributed by atoms with van der Waals surface area (Å²) in [7, 11) is 0. The number of nitrogens with two attached hydrogens (primary N) is 1. The highest BCUT2D eigenvalue weighted by Crippen LogP contribution is 2.33. The maximum absolute atomic E-state index is 5.80. The van der Waals surface area contributed by atoms with Crippen LogP contribution in [0.5, 0.6) is 0 Å². The Morgan fingerprint density at radius 3 is 2.37 bits per heavy atom. The van der Waals surface area contributed by atoms with Gasteiger partial charge < -0.3 is 0 Å². The number of halogens is 1. The van der Waals surface area contributed by atoms with Crippen LogP contribution in [0.1, 0.15) is 44.6 Å². The lowest BCUT2D eigenvalue weighted by molar-refractivity contribution is 0.217. The number of benzene rings is 1. The predicted molar refractivity (Wildman–Crippen MR) is 89.7 cm³/mol. The van der Waals surface area contributed by atoms with Gasteiger partial charge in [-0.15, -0.1) is 0 Å². The van der Waals surface area contributed by atoms with Gasteiger partial charge >= 0.3 is 0 Å². The van der Waals surface area contributed by atoms with Crippen molar-refractivity contribution in [1.29, 1.82) is 0 Å². The molecule has 2 rings (SSSR count). The zero-order chi connectivity index (χ0) is 13.7. The van der Waals surface area contributed by atoms with Crippen LogP contribution in [-0.2, 0) is 6.42 Å². The second-order valence-corrected chi connectivity index (χ2v) is 7.04. The SMILES string of the molecule is CCC1CCC(C(Cc2ccc(I)cc2)NN)CC1. The molecule has 0 amide bonds. The van der Waals surface area contributed by atoms with Gasteiger partial charge in [0.2, 0.25) is 0 Å². The quantitative estimate of drug-likeness (QED) is 0.468. The van der Waals surface area contributed by atoms with E-state index in [4.69, 9.17) is 5.84 Å². The van der Waals surface area contributed by atoms with Crippen molar-refractivity contribution in [3.8, 4) is 0 Å². The second-order valence-electron chi connectivity index (χ2n) is 5.79. The summed E-state index contributed by atoms with van der Waals surface area (Å²) < 4.78 is 1.29. The maximum Gasteiger partial charge on any atom is 0.0279 e. The van der Waals surface area contributed by atoms with Crippen molar-refractivity contribution >= 4 is 22.6 Å². The van der Waals surface area contributed by atoms with Crippen LogP contribution >= 0.6 is 22.6 Å². The molecule has 0 aliphatic heterocycles.